The van der Waals surface area contributed by atoms with E-state index >= 15 is 0 Å². The molecule has 2 saturated heterocycles. The van der Waals surface area contributed by atoms with Crippen LogP contribution >= 0.6 is 0 Å². The van der Waals surface area contributed by atoms with Crippen LogP contribution in [0.25, 0.3) is 0 Å². The van der Waals surface area contributed by atoms with Crippen molar-refractivity contribution in [2.24, 2.45) is 5.92 Å². The summed E-state index contributed by atoms with van der Waals surface area (Å²) in [7, 11) is 0. The molecule has 2 heterocycles. The van der Waals surface area contributed by atoms with Gasteiger partial charge in [0.05, 0.1) is 6.10 Å². The highest BCUT2D eigenvalue weighted by Crippen LogP contribution is 2.33. The van der Waals surface area contributed by atoms with E-state index in [-0.39, 0.29) is 6.61 Å². The second kappa shape index (κ2) is 5.49. The molecule has 2 N–H and O–H groups in total. The lowest BCUT2D eigenvalue weighted by Gasteiger charge is -2.48. The Morgan fingerprint density at radius 2 is 2.14 bits per heavy atom. The second-order valence-corrected chi connectivity index (χ2v) is 5.77. The quantitative estimate of drug-likeness (QED) is 0.646. The van der Waals surface area contributed by atoms with Gasteiger partial charge in [-0.3, -0.25) is 14.5 Å². The van der Waals surface area contributed by atoms with E-state index in [1.807, 2.05) is 12.2 Å². The van der Waals surface area contributed by atoms with Crippen molar-refractivity contribution in [2.75, 3.05) is 6.61 Å². The van der Waals surface area contributed by atoms with Gasteiger partial charge in [-0.1, -0.05) is 12.2 Å². The van der Waals surface area contributed by atoms with Gasteiger partial charge in [-0.05, 0) is 18.8 Å². The first-order valence-electron chi connectivity index (χ1n) is 7.11. The fraction of sp³-hybridized carbons (Fsp3) is 0.714. The number of hydrogen-bond donors (Lipinski definition) is 2. The van der Waals surface area contributed by atoms with Crippen LogP contribution in [0.15, 0.2) is 12.2 Å². The fourth-order valence-corrected chi connectivity index (χ4v) is 3.10. The van der Waals surface area contributed by atoms with Crippen LogP contribution in [-0.2, 0) is 19.1 Å². The van der Waals surface area contributed by atoms with Gasteiger partial charge in [-0.2, -0.15) is 0 Å². The highest BCUT2D eigenvalue weighted by atomic mass is 16.7. The van der Waals surface area contributed by atoms with Gasteiger partial charge in [0, 0.05) is 6.92 Å². The van der Waals surface area contributed by atoms with Crippen molar-refractivity contribution >= 4 is 11.8 Å². The van der Waals surface area contributed by atoms with Crippen molar-refractivity contribution < 1.29 is 29.3 Å². The first kappa shape index (κ1) is 14.6. The number of allylic oxidation sites excluding steroid dienone is 2. The Balaban J connectivity index is 1.78. The second-order valence-electron chi connectivity index (χ2n) is 5.77. The van der Waals surface area contributed by atoms with E-state index in [1.54, 1.807) is 0 Å². The summed E-state index contributed by atoms with van der Waals surface area (Å²) in [5, 5.41) is 20.5. The number of morpholine rings is 1. The van der Waals surface area contributed by atoms with Gasteiger partial charge in [-0.25, -0.2) is 0 Å². The van der Waals surface area contributed by atoms with Crippen molar-refractivity contribution in [1.82, 2.24) is 4.90 Å². The predicted molar refractivity (Wildman–Crippen MR) is 69.8 cm³/mol. The van der Waals surface area contributed by atoms with Crippen molar-refractivity contribution in [1.29, 1.82) is 0 Å². The molecule has 6 atom stereocenters. The summed E-state index contributed by atoms with van der Waals surface area (Å²) in [4.78, 5) is 24.3. The molecule has 2 amide bonds. The number of imide groups is 1. The predicted octanol–water partition coefficient (Wildman–Crippen LogP) is -0.827. The Labute approximate surface area is 122 Å². The number of amides is 2. The summed E-state index contributed by atoms with van der Waals surface area (Å²) in [6.45, 7) is 0.976. The lowest BCUT2D eigenvalue weighted by atomic mass is 9.84. The number of ether oxygens (including phenoxy) is 2. The minimum Gasteiger partial charge on any atom is -0.388 e. The molecule has 0 radical (unpaired) electrons. The minimum atomic E-state index is -1.27. The van der Waals surface area contributed by atoms with Crippen LogP contribution in [0.2, 0.25) is 0 Å². The topological polar surface area (TPSA) is 96.3 Å². The van der Waals surface area contributed by atoms with Crippen LogP contribution in [0.4, 0.5) is 0 Å². The fourth-order valence-electron chi connectivity index (χ4n) is 3.10. The number of carbonyl (C=O) groups excluding carboxylic acids is 2. The van der Waals surface area contributed by atoms with Crippen LogP contribution in [0.3, 0.4) is 0 Å². The summed E-state index contributed by atoms with van der Waals surface area (Å²) >= 11 is 0. The van der Waals surface area contributed by atoms with E-state index in [9.17, 15) is 19.8 Å². The number of rotatable bonds is 2. The minimum absolute atomic E-state index is 0.264. The SMILES string of the molecule is CC(=O)N1C(=O)CO[C@H]2O[C@H](CC3C=CC3)[C@H](O)[C@H](O)[C@H]21. The van der Waals surface area contributed by atoms with Crippen molar-refractivity contribution in [3.8, 4) is 0 Å². The average molecular weight is 297 g/mol. The summed E-state index contributed by atoms with van der Waals surface area (Å²) in [5.41, 5.74) is 0. The van der Waals surface area contributed by atoms with Crippen molar-refractivity contribution in [2.45, 2.75) is 50.4 Å². The third-order valence-electron chi connectivity index (χ3n) is 4.33. The van der Waals surface area contributed by atoms with E-state index in [2.05, 4.69) is 0 Å². The molecule has 1 aliphatic carbocycles. The molecule has 0 spiro atoms. The molecule has 3 aliphatic rings. The molecule has 0 bridgehead atoms. The maximum atomic E-state index is 11.8. The summed E-state index contributed by atoms with van der Waals surface area (Å²) in [6, 6.07) is -0.994. The maximum Gasteiger partial charge on any atom is 0.255 e. The van der Waals surface area contributed by atoms with Gasteiger partial charge in [0.1, 0.15) is 24.9 Å². The van der Waals surface area contributed by atoms with E-state index in [4.69, 9.17) is 9.47 Å². The Morgan fingerprint density at radius 3 is 2.71 bits per heavy atom. The van der Waals surface area contributed by atoms with Crippen LogP contribution in [0.1, 0.15) is 19.8 Å². The zero-order chi connectivity index (χ0) is 15.1. The molecule has 7 heteroatoms. The standard InChI is InChI=1S/C14H19NO6/c1-7(16)15-10(17)6-20-14-11(15)13(19)12(18)9(21-14)5-8-3-2-4-8/h2-3,8-9,11-14,18-19H,4-6H2,1H3/t8?,9-,11-,12+,13-,14+/m1/s1. The van der Waals surface area contributed by atoms with Crippen LogP contribution in [0, 0.1) is 5.92 Å². The van der Waals surface area contributed by atoms with Crippen molar-refractivity contribution in [3.05, 3.63) is 12.2 Å². The largest absolute Gasteiger partial charge is 0.388 e. The molecule has 1 unspecified atom stereocenters. The Bertz CT molecular complexity index is 476. The molecule has 7 nitrogen and oxygen atoms in total. The van der Waals surface area contributed by atoms with Gasteiger partial charge in [0.25, 0.3) is 5.91 Å². The number of carbonyl (C=O) groups is 2. The summed E-state index contributed by atoms with van der Waals surface area (Å²) in [5.74, 6) is -0.699. The molecular weight excluding hydrogens is 278 g/mol. The molecule has 2 aliphatic heterocycles. The molecule has 2 fully saturated rings. The third kappa shape index (κ3) is 2.50. The molecule has 116 valence electrons. The van der Waals surface area contributed by atoms with Gasteiger partial charge < -0.3 is 19.7 Å². The monoisotopic (exact) mass is 297 g/mol. The zero-order valence-electron chi connectivity index (χ0n) is 11.7. The maximum absolute atomic E-state index is 11.8. The van der Waals surface area contributed by atoms with Crippen molar-refractivity contribution in [3.63, 3.8) is 0 Å². The van der Waals surface area contributed by atoms with Crippen LogP contribution in [-0.4, -0.2) is 64.2 Å². The zero-order valence-corrected chi connectivity index (χ0v) is 11.7. The molecule has 0 saturated carbocycles. The summed E-state index contributed by atoms with van der Waals surface area (Å²) in [6.07, 6.45) is 1.68. The normalized spacial score (nSPS) is 42.4. The highest BCUT2D eigenvalue weighted by molar-refractivity contribution is 5.95. The first-order chi connectivity index (χ1) is 9.99. The van der Waals surface area contributed by atoms with Gasteiger partial charge in [0.2, 0.25) is 5.91 Å². The first-order valence-corrected chi connectivity index (χ1v) is 7.11. The average Bonchev–Trinajstić information content (AvgIpc) is 2.39. The molecular formula is C14H19NO6. The van der Waals surface area contributed by atoms with Gasteiger partial charge in [0.15, 0.2) is 6.29 Å². The van der Waals surface area contributed by atoms with Gasteiger partial charge >= 0.3 is 0 Å². The molecule has 3 rings (SSSR count). The van der Waals surface area contributed by atoms with E-state index in [0.29, 0.717) is 12.3 Å². The lowest BCUT2D eigenvalue weighted by Crippen LogP contribution is -2.69. The highest BCUT2D eigenvalue weighted by Gasteiger charge is 2.52. The number of nitrogens with zero attached hydrogens (tertiary/aromatic N) is 1. The van der Waals surface area contributed by atoms with E-state index in [1.165, 1.54) is 6.92 Å². The number of fused-ring (bicyclic) bond motifs is 1. The Kier molecular flexibility index (Phi) is 3.83. The molecule has 0 aromatic carbocycles. The Morgan fingerprint density at radius 1 is 1.43 bits per heavy atom. The third-order valence-corrected chi connectivity index (χ3v) is 4.33. The molecule has 0 aromatic heterocycles. The number of hydrogen-bond acceptors (Lipinski definition) is 6. The van der Waals surface area contributed by atoms with E-state index in [0.717, 1.165) is 11.3 Å². The summed E-state index contributed by atoms with van der Waals surface area (Å²) < 4.78 is 11.0. The number of aliphatic hydroxyl groups is 2. The van der Waals surface area contributed by atoms with Gasteiger partial charge in [-0.15, -0.1) is 0 Å². The molecule has 0 aromatic rings. The van der Waals surface area contributed by atoms with Crippen LogP contribution < -0.4 is 0 Å². The number of aliphatic hydroxyl groups excluding tert-OH is 2. The molecule has 21 heavy (non-hydrogen) atoms. The van der Waals surface area contributed by atoms with E-state index < -0.39 is 42.5 Å². The smallest absolute Gasteiger partial charge is 0.255 e. The van der Waals surface area contributed by atoms with Crippen LogP contribution in [0.5, 0.6) is 0 Å². The Hall–Kier alpha value is -1.28. The lowest BCUT2D eigenvalue weighted by molar-refractivity contribution is -0.292.